The second kappa shape index (κ2) is 9.38. The highest BCUT2D eigenvalue weighted by molar-refractivity contribution is 5.90. The van der Waals surface area contributed by atoms with Crippen LogP contribution < -0.4 is 4.90 Å². The van der Waals surface area contributed by atoms with Crippen LogP contribution in [0.25, 0.3) is 0 Å². The number of carbonyl (C=O) groups is 2. The lowest BCUT2D eigenvalue weighted by molar-refractivity contribution is -0.142. The molecule has 2 aromatic rings. The van der Waals surface area contributed by atoms with Gasteiger partial charge in [0.25, 0.3) is 0 Å². The average molecular weight is 418 g/mol. The van der Waals surface area contributed by atoms with Gasteiger partial charge in [0.2, 0.25) is 11.8 Å². The first-order valence-corrected chi connectivity index (χ1v) is 11.2. The zero-order chi connectivity index (χ0) is 21.7. The molecule has 5 nitrogen and oxygen atoms in total. The second-order valence-corrected chi connectivity index (χ2v) is 8.39. The Morgan fingerprint density at radius 1 is 0.774 bits per heavy atom. The molecule has 162 valence electrons. The van der Waals surface area contributed by atoms with Crippen molar-refractivity contribution in [3.05, 3.63) is 78.4 Å². The molecule has 0 saturated carbocycles. The maximum Gasteiger partial charge on any atom is 0.246 e. The first-order chi connectivity index (χ1) is 15.1. The molecule has 2 heterocycles. The van der Waals surface area contributed by atoms with Crippen LogP contribution in [0.2, 0.25) is 0 Å². The summed E-state index contributed by atoms with van der Waals surface area (Å²) in [7, 11) is 0. The van der Waals surface area contributed by atoms with Crippen molar-refractivity contribution in [2.45, 2.75) is 25.2 Å². The molecule has 0 aromatic heterocycles. The Morgan fingerprint density at radius 3 is 1.94 bits per heavy atom. The largest absolute Gasteiger partial charge is 0.368 e. The summed E-state index contributed by atoms with van der Waals surface area (Å²) in [4.78, 5) is 32.5. The molecule has 2 fully saturated rings. The van der Waals surface area contributed by atoms with E-state index in [-0.39, 0.29) is 11.8 Å². The smallest absolute Gasteiger partial charge is 0.246 e. The molecule has 4 rings (SSSR count). The summed E-state index contributed by atoms with van der Waals surface area (Å²) in [6.45, 7) is 6.20. The van der Waals surface area contributed by atoms with Crippen LogP contribution in [0.4, 0.5) is 5.69 Å². The molecule has 31 heavy (non-hydrogen) atoms. The van der Waals surface area contributed by atoms with Crippen molar-refractivity contribution >= 4 is 17.5 Å². The van der Waals surface area contributed by atoms with Crippen LogP contribution in [0.1, 0.15) is 25.3 Å². The molecule has 0 unspecified atom stereocenters. The Kier molecular flexibility index (Phi) is 6.40. The van der Waals surface area contributed by atoms with Crippen molar-refractivity contribution in [3.63, 3.8) is 0 Å². The maximum atomic E-state index is 13.9. The third-order valence-corrected chi connectivity index (χ3v) is 6.66. The maximum absolute atomic E-state index is 13.9. The number of amides is 2. The van der Waals surface area contributed by atoms with Gasteiger partial charge in [0.15, 0.2) is 0 Å². The normalized spacial score (nSPS) is 18.9. The summed E-state index contributed by atoms with van der Waals surface area (Å²) in [5, 5.41) is 0. The molecule has 0 bridgehead atoms. The lowest BCUT2D eigenvalue weighted by atomic mass is 9.71. The van der Waals surface area contributed by atoms with Crippen LogP contribution in [0.5, 0.6) is 0 Å². The third kappa shape index (κ3) is 4.36. The fraction of sp³-hybridized carbons (Fsp3) is 0.385. The first-order valence-electron chi connectivity index (χ1n) is 11.2. The van der Waals surface area contributed by atoms with Gasteiger partial charge in [0.05, 0.1) is 5.41 Å². The van der Waals surface area contributed by atoms with Crippen LogP contribution in [0.15, 0.2) is 72.8 Å². The highest BCUT2D eigenvalue weighted by Gasteiger charge is 2.45. The number of benzene rings is 2. The minimum atomic E-state index is -0.553. The molecule has 0 N–H and O–H groups in total. The summed E-state index contributed by atoms with van der Waals surface area (Å²) in [5.41, 5.74) is 1.73. The highest BCUT2D eigenvalue weighted by Crippen LogP contribution is 2.38. The predicted octanol–water partition coefficient (Wildman–Crippen LogP) is 3.47. The van der Waals surface area contributed by atoms with E-state index < -0.39 is 5.41 Å². The van der Waals surface area contributed by atoms with Gasteiger partial charge in [-0.1, -0.05) is 54.6 Å². The third-order valence-electron chi connectivity index (χ3n) is 6.66. The van der Waals surface area contributed by atoms with E-state index in [1.54, 1.807) is 12.2 Å². The average Bonchev–Trinajstić information content (AvgIpc) is 2.85. The van der Waals surface area contributed by atoms with Crippen LogP contribution in [-0.2, 0) is 15.0 Å². The molecule has 0 aliphatic carbocycles. The number of rotatable bonds is 4. The molecule has 0 spiro atoms. The van der Waals surface area contributed by atoms with Crippen molar-refractivity contribution in [2.24, 2.45) is 0 Å². The van der Waals surface area contributed by atoms with Crippen LogP contribution >= 0.6 is 0 Å². The zero-order valence-electron chi connectivity index (χ0n) is 18.2. The summed E-state index contributed by atoms with van der Waals surface area (Å²) in [6, 6.07) is 20.5. The van der Waals surface area contributed by atoms with E-state index in [1.165, 1.54) is 5.69 Å². The van der Waals surface area contributed by atoms with Gasteiger partial charge in [0, 0.05) is 45.0 Å². The van der Waals surface area contributed by atoms with Gasteiger partial charge in [-0.25, -0.2) is 0 Å². The van der Waals surface area contributed by atoms with Gasteiger partial charge in [-0.3, -0.25) is 9.59 Å². The van der Waals surface area contributed by atoms with Crippen molar-refractivity contribution < 1.29 is 9.59 Å². The van der Waals surface area contributed by atoms with Gasteiger partial charge >= 0.3 is 0 Å². The number of hydrogen-bond acceptors (Lipinski definition) is 3. The predicted molar refractivity (Wildman–Crippen MR) is 124 cm³/mol. The van der Waals surface area contributed by atoms with E-state index in [2.05, 4.69) is 41.3 Å². The number of piperidine rings is 1. The minimum Gasteiger partial charge on any atom is -0.368 e. The van der Waals surface area contributed by atoms with Crippen molar-refractivity contribution in [1.82, 2.24) is 9.80 Å². The standard InChI is InChI=1S/C26H31N3O2/c1-2-9-24(30)28-16-14-26(15-17-28,22-10-5-3-6-11-22)25(31)29-20-18-27(19-21-29)23-12-7-4-8-13-23/h2-13H,14-21H2,1H3/b9-2+. The van der Waals surface area contributed by atoms with Crippen molar-refractivity contribution in [1.29, 1.82) is 0 Å². The summed E-state index contributed by atoms with van der Waals surface area (Å²) in [6.07, 6.45) is 4.72. The molecular weight excluding hydrogens is 386 g/mol. The monoisotopic (exact) mass is 417 g/mol. The summed E-state index contributed by atoms with van der Waals surface area (Å²) in [5.74, 6) is 0.248. The Morgan fingerprint density at radius 2 is 1.35 bits per heavy atom. The van der Waals surface area contributed by atoms with Gasteiger partial charge in [-0.2, -0.15) is 0 Å². The van der Waals surface area contributed by atoms with E-state index in [1.807, 2.05) is 41.0 Å². The molecule has 0 atom stereocenters. The van der Waals surface area contributed by atoms with Crippen LogP contribution in [0.3, 0.4) is 0 Å². The van der Waals surface area contributed by atoms with Gasteiger partial charge in [0.1, 0.15) is 0 Å². The number of piperazine rings is 1. The first kappa shape index (κ1) is 21.2. The number of anilines is 1. The Hall–Kier alpha value is -3.08. The molecule has 2 aliphatic heterocycles. The number of hydrogen-bond donors (Lipinski definition) is 0. The highest BCUT2D eigenvalue weighted by atomic mass is 16.2. The Balaban J connectivity index is 1.50. The molecular formula is C26H31N3O2. The van der Waals surface area contributed by atoms with E-state index in [0.717, 1.165) is 31.7 Å². The van der Waals surface area contributed by atoms with E-state index in [0.29, 0.717) is 25.9 Å². The Bertz CT molecular complexity index is 910. The zero-order valence-corrected chi connectivity index (χ0v) is 18.2. The van der Waals surface area contributed by atoms with E-state index in [4.69, 9.17) is 0 Å². The Labute approximate surface area is 184 Å². The number of allylic oxidation sites excluding steroid dienone is 1. The molecule has 5 heteroatoms. The number of carbonyl (C=O) groups excluding carboxylic acids is 2. The quantitative estimate of drug-likeness (QED) is 0.716. The van der Waals surface area contributed by atoms with Gasteiger partial charge < -0.3 is 14.7 Å². The van der Waals surface area contributed by atoms with E-state index in [9.17, 15) is 9.59 Å². The summed E-state index contributed by atoms with van der Waals surface area (Å²) < 4.78 is 0. The van der Waals surface area contributed by atoms with Crippen molar-refractivity contribution in [2.75, 3.05) is 44.2 Å². The number of nitrogens with zero attached hydrogens (tertiary/aromatic N) is 3. The molecule has 2 aliphatic rings. The van der Waals surface area contributed by atoms with Gasteiger partial charge in [-0.05, 0) is 43.5 Å². The fourth-order valence-electron chi connectivity index (χ4n) is 4.85. The van der Waals surface area contributed by atoms with Crippen LogP contribution in [0, 0.1) is 0 Å². The number of para-hydroxylation sites is 1. The molecule has 2 amide bonds. The fourth-order valence-corrected chi connectivity index (χ4v) is 4.85. The molecule has 2 saturated heterocycles. The number of likely N-dealkylation sites (tertiary alicyclic amines) is 1. The summed E-state index contributed by atoms with van der Waals surface area (Å²) >= 11 is 0. The van der Waals surface area contributed by atoms with E-state index >= 15 is 0 Å². The lowest BCUT2D eigenvalue weighted by Gasteiger charge is -2.45. The lowest BCUT2D eigenvalue weighted by Crippen LogP contribution is -2.57. The molecule has 2 aromatic carbocycles. The van der Waals surface area contributed by atoms with Crippen molar-refractivity contribution in [3.8, 4) is 0 Å². The topological polar surface area (TPSA) is 43.9 Å². The minimum absolute atomic E-state index is 0.0353. The molecule has 0 radical (unpaired) electrons. The second-order valence-electron chi connectivity index (χ2n) is 8.39. The SMILES string of the molecule is C/C=C/C(=O)N1CCC(C(=O)N2CCN(c3ccccc3)CC2)(c2ccccc2)CC1. The van der Waals surface area contributed by atoms with Crippen LogP contribution in [-0.4, -0.2) is 60.9 Å². The van der Waals surface area contributed by atoms with Gasteiger partial charge in [-0.15, -0.1) is 0 Å².